The smallest absolute Gasteiger partial charge is 0.229 e. The minimum atomic E-state index is 0. The van der Waals surface area contributed by atoms with Gasteiger partial charge in [-0.3, -0.25) is 0 Å². The number of benzene rings is 1. The molecule has 0 amide bonds. The van der Waals surface area contributed by atoms with E-state index in [-0.39, 0.29) is 12.4 Å². The number of aromatic nitrogens is 2. The van der Waals surface area contributed by atoms with Gasteiger partial charge in [0, 0.05) is 18.4 Å². The van der Waals surface area contributed by atoms with Crippen LogP contribution in [-0.4, -0.2) is 23.2 Å². The van der Waals surface area contributed by atoms with E-state index >= 15 is 0 Å². The highest BCUT2D eigenvalue weighted by Crippen LogP contribution is 2.39. The fraction of sp³-hybridized carbons (Fsp3) is 0.556. The molecule has 1 atom stereocenters. The van der Waals surface area contributed by atoms with Gasteiger partial charge in [0.15, 0.2) is 5.82 Å². The van der Waals surface area contributed by atoms with Crippen LogP contribution in [-0.2, 0) is 6.42 Å². The minimum absolute atomic E-state index is 0. The lowest BCUT2D eigenvalue weighted by Gasteiger charge is -2.26. The summed E-state index contributed by atoms with van der Waals surface area (Å²) >= 11 is 0. The molecule has 1 aliphatic rings. The monoisotopic (exact) mass is 335 g/mol. The van der Waals surface area contributed by atoms with Crippen LogP contribution in [0.25, 0.3) is 0 Å². The topological polar surface area (TPSA) is 51.0 Å². The van der Waals surface area contributed by atoms with Crippen molar-refractivity contribution in [2.75, 3.05) is 7.05 Å². The third-order valence-electron chi connectivity index (χ3n) is 4.81. The second-order valence-electron chi connectivity index (χ2n) is 6.40. The zero-order valence-electron chi connectivity index (χ0n) is 13.9. The Bertz CT molecular complexity index is 579. The number of nitrogens with zero attached hydrogens (tertiary/aromatic N) is 2. The van der Waals surface area contributed by atoms with Crippen molar-refractivity contribution < 1.29 is 4.52 Å². The van der Waals surface area contributed by atoms with Crippen LogP contribution in [0.1, 0.15) is 61.7 Å². The number of hydrogen-bond donors (Lipinski definition) is 1. The Morgan fingerprint density at radius 1 is 1.13 bits per heavy atom. The highest BCUT2D eigenvalue weighted by Gasteiger charge is 2.27. The standard InChI is InChI=1S/C18H25N3O.ClH/c1-13(19-2)12-17-20-18(22-21-17)16-10-8-15(9-11-16)14-6-4-3-5-7-14;/h3-7,13,15-16,19H,8-12H2,1-2H3;1H. The quantitative estimate of drug-likeness (QED) is 0.894. The molecular formula is C18H26ClN3O. The average molecular weight is 336 g/mol. The molecule has 1 saturated carbocycles. The number of rotatable bonds is 5. The van der Waals surface area contributed by atoms with Crippen LogP contribution in [0.2, 0.25) is 0 Å². The Kier molecular flexibility index (Phi) is 6.60. The SMILES string of the molecule is CNC(C)Cc1noc(C2CCC(c3ccccc3)CC2)n1.Cl. The van der Waals surface area contributed by atoms with Crippen LogP contribution in [0.4, 0.5) is 0 Å². The normalized spacial score (nSPS) is 22.3. The van der Waals surface area contributed by atoms with Crippen LogP contribution in [0.5, 0.6) is 0 Å². The van der Waals surface area contributed by atoms with Gasteiger partial charge in [0.05, 0.1) is 0 Å². The van der Waals surface area contributed by atoms with E-state index in [0.29, 0.717) is 17.9 Å². The second kappa shape index (κ2) is 8.46. The van der Waals surface area contributed by atoms with Gasteiger partial charge < -0.3 is 9.84 Å². The first-order valence-corrected chi connectivity index (χ1v) is 8.31. The van der Waals surface area contributed by atoms with E-state index in [9.17, 15) is 0 Å². The summed E-state index contributed by atoms with van der Waals surface area (Å²) in [5, 5.41) is 7.33. The van der Waals surface area contributed by atoms with Crippen molar-refractivity contribution in [1.29, 1.82) is 0 Å². The van der Waals surface area contributed by atoms with Gasteiger partial charge in [0.25, 0.3) is 0 Å². The third kappa shape index (κ3) is 4.55. The van der Waals surface area contributed by atoms with Crippen LogP contribution in [0.15, 0.2) is 34.9 Å². The largest absolute Gasteiger partial charge is 0.339 e. The summed E-state index contributed by atoms with van der Waals surface area (Å²) in [6.07, 6.45) is 5.52. The summed E-state index contributed by atoms with van der Waals surface area (Å²) in [6, 6.07) is 11.2. The van der Waals surface area contributed by atoms with Gasteiger partial charge in [-0.25, -0.2) is 0 Å². The molecule has 0 saturated heterocycles. The molecule has 23 heavy (non-hydrogen) atoms. The van der Waals surface area contributed by atoms with Gasteiger partial charge in [-0.15, -0.1) is 12.4 Å². The summed E-state index contributed by atoms with van der Waals surface area (Å²) < 4.78 is 5.50. The van der Waals surface area contributed by atoms with Crippen molar-refractivity contribution in [2.24, 2.45) is 0 Å². The molecule has 126 valence electrons. The van der Waals surface area contributed by atoms with Gasteiger partial charge in [0.2, 0.25) is 5.89 Å². The zero-order chi connectivity index (χ0) is 15.4. The van der Waals surface area contributed by atoms with Crippen molar-refractivity contribution in [3.63, 3.8) is 0 Å². The Hall–Kier alpha value is -1.39. The Balaban J connectivity index is 0.00000192. The van der Waals surface area contributed by atoms with E-state index < -0.39 is 0 Å². The molecule has 1 heterocycles. The molecule has 1 unspecified atom stereocenters. The van der Waals surface area contributed by atoms with Crippen molar-refractivity contribution >= 4 is 12.4 Å². The van der Waals surface area contributed by atoms with Crippen molar-refractivity contribution in [3.05, 3.63) is 47.6 Å². The van der Waals surface area contributed by atoms with E-state index in [1.165, 1.54) is 18.4 Å². The molecule has 0 bridgehead atoms. The molecule has 0 radical (unpaired) electrons. The maximum absolute atomic E-state index is 5.50. The summed E-state index contributed by atoms with van der Waals surface area (Å²) in [5.41, 5.74) is 1.47. The van der Waals surface area contributed by atoms with Crippen LogP contribution >= 0.6 is 12.4 Å². The highest BCUT2D eigenvalue weighted by molar-refractivity contribution is 5.85. The summed E-state index contributed by atoms with van der Waals surface area (Å²) in [7, 11) is 1.95. The van der Waals surface area contributed by atoms with Crippen LogP contribution in [0, 0.1) is 0 Å². The predicted octanol–water partition coefficient (Wildman–Crippen LogP) is 4.08. The van der Waals surface area contributed by atoms with Crippen molar-refractivity contribution in [1.82, 2.24) is 15.5 Å². The fourth-order valence-corrected chi connectivity index (χ4v) is 3.29. The van der Waals surface area contributed by atoms with Crippen LogP contribution < -0.4 is 5.32 Å². The van der Waals surface area contributed by atoms with E-state index in [0.717, 1.165) is 31.0 Å². The number of halogens is 1. The van der Waals surface area contributed by atoms with Gasteiger partial charge in [-0.1, -0.05) is 35.5 Å². The molecule has 1 fully saturated rings. The average Bonchev–Trinajstić information content (AvgIpc) is 3.04. The van der Waals surface area contributed by atoms with E-state index in [4.69, 9.17) is 4.52 Å². The molecule has 1 N–H and O–H groups in total. The third-order valence-corrected chi connectivity index (χ3v) is 4.81. The summed E-state index contributed by atoms with van der Waals surface area (Å²) in [4.78, 5) is 4.60. The molecule has 3 rings (SSSR count). The number of nitrogens with one attached hydrogen (secondary N) is 1. The lowest BCUT2D eigenvalue weighted by Crippen LogP contribution is -2.24. The molecule has 5 heteroatoms. The van der Waals surface area contributed by atoms with Crippen LogP contribution in [0.3, 0.4) is 0 Å². The molecule has 2 aromatic rings. The first-order chi connectivity index (χ1) is 10.8. The van der Waals surface area contributed by atoms with Gasteiger partial charge in [-0.2, -0.15) is 4.98 Å². The number of likely N-dealkylation sites (N-methyl/N-ethyl adjacent to an activating group) is 1. The molecular weight excluding hydrogens is 310 g/mol. The number of hydrogen-bond acceptors (Lipinski definition) is 4. The van der Waals surface area contributed by atoms with Crippen molar-refractivity contribution in [3.8, 4) is 0 Å². The second-order valence-corrected chi connectivity index (χ2v) is 6.40. The fourth-order valence-electron chi connectivity index (χ4n) is 3.29. The van der Waals surface area contributed by atoms with Gasteiger partial charge >= 0.3 is 0 Å². The van der Waals surface area contributed by atoms with E-state index in [1.54, 1.807) is 0 Å². The maximum Gasteiger partial charge on any atom is 0.229 e. The Morgan fingerprint density at radius 3 is 2.43 bits per heavy atom. The lowest BCUT2D eigenvalue weighted by atomic mass is 9.78. The lowest BCUT2D eigenvalue weighted by molar-refractivity contribution is 0.299. The zero-order valence-corrected chi connectivity index (χ0v) is 14.7. The maximum atomic E-state index is 5.50. The van der Waals surface area contributed by atoms with E-state index in [2.05, 4.69) is 52.7 Å². The Morgan fingerprint density at radius 2 is 1.78 bits per heavy atom. The van der Waals surface area contributed by atoms with E-state index in [1.807, 2.05) is 7.05 Å². The first kappa shape index (κ1) is 18.0. The molecule has 0 spiro atoms. The molecule has 1 aromatic heterocycles. The molecule has 1 aliphatic carbocycles. The minimum Gasteiger partial charge on any atom is -0.339 e. The van der Waals surface area contributed by atoms with Crippen molar-refractivity contribution in [2.45, 2.75) is 56.9 Å². The molecule has 0 aliphatic heterocycles. The van der Waals surface area contributed by atoms with Gasteiger partial charge in [-0.05, 0) is 51.1 Å². The molecule has 4 nitrogen and oxygen atoms in total. The summed E-state index contributed by atoms with van der Waals surface area (Å²) in [5.74, 6) is 2.78. The predicted molar refractivity (Wildman–Crippen MR) is 94.2 cm³/mol. The highest BCUT2D eigenvalue weighted by atomic mass is 35.5. The first-order valence-electron chi connectivity index (χ1n) is 8.31. The Labute approximate surface area is 144 Å². The summed E-state index contributed by atoms with van der Waals surface area (Å²) in [6.45, 7) is 2.13. The molecule has 1 aromatic carbocycles. The van der Waals surface area contributed by atoms with Gasteiger partial charge in [0.1, 0.15) is 0 Å².